The number of hydrogen-bond acceptors (Lipinski definition) is 2. The molecule has 2 N–H and O–H groups in total. The van der Waals surface area contributed by atoms with Gasteiger partial charge in [-0.1, -0.05) is 23.7 Å². The average Bonchev–Trinajstić information content (AvgIpc) is 2.75. The van der Waals surface area contributed by atoms with Crippen LogP contribution in [0.5, 0.6) is 0 Å². The first-order chi connectivity index (χ1) is 9.47. The smallest absolute Gasteiger partial charge is 0.335 e. The van der Waals surface area contributed by atoms with Gasteiger partial charge in [0.15, 0.2) is 0 Å². The maximum Gasteiger partial charge on any atom is 0.335 e. The molecule has 0 radical (unpaired) electrons. The highest BCUT2D eigenvalue weighted by Gasteiger charge is 2.11. The van der Waals surface area contributed by atoms with Crippen LogP contribution in [0.2, 0.25) is 5.02 Å². The molecule has 0 bridgehead atoms. The van der Waals surface area contributed by atoms with Crippen molar-refractivity contribution in [3.63, 3.8) is 0 Å². The summed E-state index contributed by atoms with van der Waals surface area (Å²) in [5.41, 5.74) is 1.36. The van der Waals surface area contributed by atoms with Crippen LogP contribution in [0, 0.1) is 0 Å². The van der Waals surface area contributed by atoms with E-state index in [1.165, 1.54) is 12.1 Å². The van der Waals surface area contributed by atoms with E-state index in [0.717, 1.165) is 5.56 Å². The van der Waals surface area contributed by atoms with Crippen LogP contribution < -0.4 is 5.32 Å². The summed E-state index contributed by atoms with van der Waals surface area (Å²) in [6.45, 7) is 0.253. The van der Waals surface area contributed by atoms with Gasteiger partial charge in [-0.25, -0.2) is 4.79 Å². The molecule has 0 atom stereocenters. The zero-order valence-corrected chi connectivity index (χ0v) is 11.5. The van der Waals surface area contributed by atoms with Gasteiger partial charge in [-0.05, 0) is 23.8 Å². The molecule has 0 spiro atoms. The van der Waals surface area contributed by atoms with Crippen molar-refractivity contribution in [3.05, 3.63) is 58.4 Å². The summed E-state index contributed by atoms with van der Waals surface area (Å²) >= 11 is 5.82. The maximum atomic E-state index is 12.0. The second kappa shape index (κ2) is 5.79. The number of amides is 1. The van der Waals surface area contributed by atoms with Gasteiger partial charge < -0.3 is 15.0 Å². The third-order valence-electron chi connectivity index (χ3n) is 2.83. The molecule has 1 aromatic heterocycles. The molecule has 6 heteroatoms. The summed E-state index contributed by atoms with van der Waals surface area (Å²) in [4.78, 5) is 22.8. The second-order valence-corrected chi connectivity index (χ2v) is 4.78. The van der Waals surface area contributed by atoms with Gasteiger partial charge in [0.25, 0.3) is 5.91 Å². The molecular formula is C14H13ClN2O3. The van der Waals surface area contributed by atoms with E-state index in [1.54, 1.807) is 36.0 Å². The van der Waals surface area contributed by atoms with E-state index in [4.69, 9.17) is 16.7 Å². The normalized spacial score (nSPS) is 10.3. The van der Waals surface area contributed by atoms with Gasteiger partial charge in [-0.2, -0.15) is 0 Å². The quantitative estimate of drug-likeness (QED) is 0.908. The van der Waals surface area contributed by atoms with E-state index >= 15 is 0 Å². The van der Waals surface area contributed by atoms with Crippen molar-refractivity contribution in [1.29, 1.82) is 0 Å². The summed E-state index contributed by atoms with van der Waals surface area (Å²) in [5.74, 6) is -1.26. The molecule has 0 saturated heterocycles. The molecule has 0 unspecified atom stereocenters. The Hall–Kier alpha value is -2.27. The first-order valence-corrected chi connectivity index (χ1v) is 6.27. The standard InChI is InChI=1S/C14H13ClN2O3/c1-17-8-11(15)6-12(17)13(18)16-7-9-3-2-4-10(5-9)14(19)20/h2-6,8H,7H2,1H3,(H,16,18)(H,19,20). The van der Waals surface area contributed by atoms with Crippen molar-refractivity contribution in [2.75, 3.05) is 0 Å². The highest BCUT2D eigenvalue weighted by molar-refractivity contribution is 6.31. The fourth-order valence-corrected chi connectivity index (χ4v) is 2.09. The lowest BCUT2D eigenvalue weighted by Crippen LogP contribution is -2.24. The Kier molecular flexibility index (Phi) is 4.10. The predicted octanol–water partition coefficient (Wildman–Crippen LogP) is 2.31. The molecular weight excluding hydrogens is 280 g/mol. The van der Waals surface area contributed by atoms with Crippen LogP contribution in [0.15, 0.2) is 36.5 Å². The number of aromatic carboxylic acids is 1. The molecule has 1 amide bonds. The average molecular weight is 293 g/mol. The van der Waals surface area contributed by atoms with Gasteiger partial charge in [-0.3, -0.25) is 4.79 Å². The Morgan fingerprint density at radius 2 is 2.10 bits per heavy atom. The van der Waals surface area contributed by atoms with E-state index in [9.17, 15) is 9.59 Å². The van der Waals surface area contributed by atoms with E-state index < -0.39 is 5.97 Å². The zero-order valence-electron chi connectivity index (χ0n) is 10.8. The first-order valence-electron chi connectivity index (χ1n) is 5.89. The SMILES string of the molecule is Cn1cc(Cl)cc1C(=O)NCc1cccc(C(=O)O)c1. The van der Waals surface area contributed by atoms with E-state index in [-0.39, 0.29) is 18.0 Å². The lowest BCUT2D eigenvalue weighted by molar-refractivity contribution is 0.0696. The molecule has 1 heterocycles. The van der Waals surface area contributed by atoms with Crippen molar-refractivity contribution >= 4 is 23.5 Å². The molecule has 104 valence electrons. The number of halogens is 1. The molecule has 0 fully saturated rings. The number of rotatable bonds is 4. The van der Waals surface area contributed by atoms with Gasteiger partial charge in [0.2, 0.25) is 0 Å². The number of carboxylic acids is 1. The Bertz CT molecular complexity index is 664. The Balaban J connectivity index is 2.05. The van der Waals surface area contributed by atoms with E-state index in [0.29, 0.717) is 10.7 Å². The third kappa shape index (κ3) is 3.19. The zero-order chi connectivity index (χ0) is 14.7. The summed E-state index contributed by atoms with van der Waals surface area (Å²) in [7, 11) is 1.73. The van der Waals surface area contributed by atoms with Crippen molar-refractivity contribution in [1.82, 2.24) is 9.88 Å². The lowest BCUT2D eigenvalue weighted by atomic mass is 10.1. The minimum absolute atomic E-state index is 0.193. The molecule has 0 aliphatic rings. The largest absolute Gasteiger partial charge is 0.478 e. The van der Waals surface area contributed by atoms with Crippen molar-refractivity contribution in [3.8, 4) is 0 Å². The highest BCUT2D eigenvalue weighted by Crippen LogP contribution is 2.13. The number of carboxylic acid groups (broad SMARTS) is 1. The molecule has 20 heavy (non-hydrogen) atoms. The maximum absolute atomic E-state index is 12.0. The van der Waals surface area contributed by atoms with Gasteiger partial charge in [-0.15, -0.1) is 0 Å². The van der Waals surface area contributed by atoms with Gasteiger partial charge >= 0.3 is 5.97 Å². The second-order valence-electron chi connectivity index (χ2n) is 4.34. The van der Waals surface area contributed by atoms with Crippen molar-refractivity contribution in [2.24, 2.45) is 7.05 Å². The predicted molar refractivity (Wildman–Crippen MR) is 75.0 cm³/mol. The molecule has 1 aromatic carbocycles. The number of hydrogen-bond donors (Lipinski definition) is 2. The molecule has 5 nitrogen and oxygen atoms in total. The lowest BCUT2D eigenvalue weighted by Gasteiger charge is -2.06. The minimum Gasteiger partial charge on any atom is -0.478 e. The summed E-state index contributed by atoms with van der Waals surface area (Å²) in [5, 5.41) is 12.1. The number of carbonyl (C=O) groups excluding carboxylic acids is 1. The minimum atomic E-state index is -0.993. The Labute approximate surface area is 120 Å². The number of carbonyl (C=O) groups is 2. The third-order valence-corrected chi connectivity index (χ3v) is 3.04. The fourth-order valence-electron chi connectivity index (χ4n) is 1.84. The van der Waals surface area contributed by atoms with Crippen LogP contribution in [0.3, 0.4) is 0 Å². The van der Waals surface area contributed by atoms with Gasteiger partial charge in [0.05, 0.1) is 10.6 Å². The first kappa shape index (κ1) is 14.1. The number of nitrogens with zero attached hydrogens (tertiary/aromatic N) is 1. The van der Waals surface area contributed by atoms with Crippen LogP contribution in [-0.4, -0.2) is 21.6 Å². The Morgan fingerprint density at radius 1 is 1.35 bits per heavy atom. The molecule has 0 saturated carbocycles. The van der Waals surface area contributed by atoms with Crippen LogP contribution in [0.1, 0.15) is 26.4 Å². The topological polar surface area (TPSA) is 71.3 Å². The van der Waals surface area contributed by atoms with E-state index in [2.05, 4.69) is 5.32 Å². The number of nitrogens with one attached hydrogen (secondary N) is 1. The summed E-state index contributed by atoms with van der Waals surface area (Å²) < 4.78 is 1.63. The van der Waals surface area contributed by atoms with Crippen LogP contribution in [0.25, 0.3) is 0 Å². The summed E-state index contributed by atoms with van der Waals surface area (Å²) in [6.07, 6.45) is 1.64. The van der Waals surface area contributed by atoms with Gasteiger partial charge in [0.1, 0.15) is 5.69 Å². The highest BCUT2D eigenvalue weighted by atomic mass is 35.5. The fraction of sp³-hybridized carbons (Fsp3) is 0.143. The molecule has 0 aliphatic heterocycles. The van der Waals surface area contributed by atoms with Crippen LogP contribution >= 0.6 is 11.6 Å². The number of benzene rings is 1. The molecule has 2 rings (SSSR count). The van der Waals surface area contributed by atoms with Crippen molar-refractivity contribution < 1.29 is 14.7 Å². The van der Waals surface area contributed by atoms with Crippen LogP contribution in [0.4, 0.5) is 0 Å². The molecule has 0 aliphatic carbocycles. The number of aryl methyl sites for hydroxylation is 1. The summed E-state index contributed by atoms with van der Waals surface area (Å²) in [6, 6.07) is 8.00. The molecule has 2 aromatic rings. The van der Waals surface area contributed by atoms with Crippen molar-refractivity contribution in [2.45, 2.75) is 6.54 Å². The number of aromatic nitrogens is 1. The monoisotopic (exact) mass is 292 g/mol. The Morgan fingerprint density at radius 3 is 2.70 bits per heavy atom. The van der Waals surface area contributed by atoms with E-state index in [1.807, 2.05) is 0 Å². The van der Waals surface area contributed by atoms with Crippen LogP contribution in [-0.2, 0) is 13.6 Å². The van der Waals surface area contributed by atoms with Gasteiger partial charge in [0, 0.05) is 19.8 Å².